The van der Waals surface area contributed by atoms with Gasteiger partial charge >= 0.3 is 0 Å². The van der Waals surface area contributed by atoms with Crippen LogP contribution in [-0.2, 0) is 14.3 Å². The molecule has 10 heteroatoms. The number of carbonyl (C=O) groups is 1. The summed E-state index contributed by atoms with van der Waals surface area (Å²) in [6.07, 6.45) is 44.3. The van der Waals surface area contributed by atoms with E-state index in [4.69, 9.17) is 9.47 Å². The number of nitrogens with one attached hydrogen (secondary N) is 1. The Kier molecular flexibility index (Phi) is 44.5. The second-order valence-electron chi connectivity index (χ2n) is 20.6. The standard InChI is InChI=1S/C56H111NO9/c1-3-5-7-9-11-13-15-17-18-19-20-21-22-23-24-25-26-27-28-29-30-31-32-33-35-37-39-41-43-45-51(60)57-48(47-65-56-55(64)54(63)53(62)50(46-58)66-56)52(61)49(59)44-42-40-38-36-34-16-14-12-10-8-6-4-2/h48-50,52-56,58-59,61-64H,3-47H2,1-2H3,(H,57,60)/t48-,49+,50+,52-,53-,54?,55?,56+/m0/s1. The van der Waals surface area contributed by atoms with Crippen LogP contribution in [0, 0.1) is 0 Å². The molecule has 0 aromatic heterocycles. The van der Waals surface area contributed by atoms with Gasteiger partial charge in [0, 0.05) is 6.42 Å². The van der Waals surface area contributed by atoms with Crippen molar-refractivity contribution in [2.24, 2.45) is 0 Å². The highest BCUT2D eigenvalue weighted by Gasteiger charge is 2.44. The van der Waals surface area contributed by atoms with Crippen LogP contribution in [0.2, 0.25) is 0 Å². The quantitative estimate of drug-likeness (QED) is 0.0294. The van der Waals surface area contributed by atoms with Crippen molar-refractivity contribution in [3.63, 3.8) is 0 Å². The third-order valence-corrected chi connectivity index (χ3v) is 14.3. The Balaban J connectivity index is 2.16. The number of aliphatic hydroxyl groups is 6. The number of hydrogen-bond acceptors (Lipinski definition) is 9. The molecule has 1 amide bonds. The Hall–Kier alpha value is -0.850. The number of rotatable bonds is 50. The second-order valence-corrected chi connectivity index (χ2v) is 20.6. The van der Waals surface area contributed by atoms with Crippen molar-refractivity contribution in [1.29, 1.82) is 0 Å². The fourth-order valence-electron chi connectivity index (χ4n) is 9.67. The van der Waals surface area contributed by atoms with E-state index in [1.54, 1.807) is 0 Å². The van der Waals surface area contributed by atoms with E-state index >= 15 is 0 Å². The Morgan fingerprint density at radius 3 is 1.12 bits per heavy atom. The number of aliphatic hydroxyl groups excluding tert-OH is 6. The zero-order valence-corrected chi connectivity index (χ0v) is 43.3. The molecular weight excluding hydrogens is 831 g/mol. The molecular formula is C56H111NO9. The summed E-state index contributed by atoms with van der Waals surface area (Å²) in [7, 11) is 0. The van der Waals surface area contributed by atoms with Crippen molar-refractivity contribution in [1.82, 2.24) is 5.32 Å². The summed E-state index contributed by atoms with van der Waals surface area (Å²) >= 11 is 0. The molecule has 1 fully saturated rings. The molecule has 7 N–H and O–H groups in total. The third kappa shape index (κ3) is 35.3. The maximum Gasteiger partial charge on any atom is 0.220 e. The number of ether oxygens (including phenoxy) is 2. The Labute approximate surface area is 407 Å². The molecule has 10 nitrogen and oxygen atoms in total. The summed E-state index contributed by atoms with van der Waals surface area (Å²) in [5, 5.41) is 65.4. The van der Waals surface area contributed by atoms with Crippen molar-refractivity contribution < 1.29 is 44.9 Å². The maximum atomic E-state index is 13.1. The van der Waals surface area contributed by atoms with E-state index in [1.165, 1.54) is 225 Å². The molecule has 1 saturated heterocycles. The van der Waals surface area contributed by atoms with Gasteiger partial charge in [0.15, 0.2) is 6.29 Å². The first-order valence-electron chi connectivity index (χ1n) is 28.8. The largest absolute Gasteiger partial charge is 0.394 e. The average molecular weight is 943 g/mol. The van der Waals surface area contributed by atoms with Crippen LogP contribution in [0.1, 0.15) is 290 Å². The summed E-state index contributed by atoms with van der Waals surface area (Å²) in [4.78, 5) is 13.1. The lowest BCUT2D eigenvalue weighted by Gasteiger charge is -2.40. The predicted molar refractivity (Wildman–Crippen MR) is 274 cm³/mol. The van der Waals surface area contributed by atoms with E-state index in [0.29, 0.717) is 6.42 Å². The molecule has 2 unspecified atom stereocenters. The Bertz CT molecular complexity index is 1020. The van der Waals surface area contributed by atoms with E-state index in [1.807, 2.05) is 0 Å². The first-order valence-corrected chi connectivity index (χ1v) is 28.8. The highest BCUT2D eigenvalue weighted by molar-refractivity contribution is 5.76. The third-order valence-electron chi connectivity index (χ3n) is 14.3. The molecule has 1 heterocycles. The average Bonchev–Trinajstić information content (AvgIpc) is 3.32. The SMILES string of the molecule is CCCCCCCCCCCCCCCCCCCCCCCCCCCCCCCC(=O)N[C@@H](CO[C@@H]1O[C@H](CO)[C@H](O)C(O)C1O)[C@H](O)[C@H](O)CCCCCCCCCCCCCC. The second kappa shape index (κ2) is 46.5. The summed E-state index contributed by atoms with van der Waals surface area (Å²) < 4.78 is 11.2. The molecule has 1 aliphatic heterocycles. The summed E-state index contributed by atoms with van der Waals surface area (Å²) in [6, 6.07) is -0.985. The van der Waals surface area contributed by atoms with E-state index < -0.39 is 55.6 Å². The zero-order valence-electron chi connectivity index (χ0n) is 43.3. The number of hydrogen-bond donors (Lipinski definition) is 7. The van der Waals surface area contributed by atoms with Crippen LogP contribution in [0.25, 0.3) is 0 Å². The molecule has 0 spiro atoms. The van der Waals surface area contributed by atoms with Gasteiger partial charge in [-0.25, -0.2) is 0 Å². The Morgan fingerprint density at radius 2 is 0.788 bits per heavy atom. The van der Waals surface area contributed by atoms with Gasteiger partial charge in [0.25, 0.3) is 0 Å². The van der Waals surface area contributed by atoms with E-state index in [-0.39, 0.29) is 18.9 Å². The van der Waals surface area contributed by atoms with Crippen LogP contribution >= 0.6 is 0 Å². The fourth-order valence-corrected chi connectivity index (χ4v) is 9.67. The van der Waals surface area contributed by atoms with Crippen LogP contribution in [0.5, 0.6) is 0 Å². The molecule has 66 heavy (non-hydrogen) atoms. The van der Waals surface area contributed by atoms with Gasteiger partial charge in [0.05, 0.1) is 25.4 Å². The normalized spacial score (nSPS) is 20.2. The first-order chi connectivity index (χ1) is 32.3. The number of amides is 1. The predicted octanol–water partition coefficient (Wildman–Crippen LogP) is 12.8. The molecule has 0 aromatic rings. The van der Waals surface area contributed by atoms with E-state index in [0.717, 1.165) is 38.5 Å². The molecule has 1 aliphatic rings. The van der Waals surface area contributed by atoms with E-state index in [2.05, 4.69) is 19.2 Å². The highest BCUT2D eigenvalue weighted by Crippen LogP contribution is 2.24. The maximum absolute atomic E-state index is 13.1. The summed E-state index contributed by atoms with van der Waals surface area (Å²) in [5.74, 6) is -0.251. The lowest BCUT2D eigenvalue weighted by atomic mass is 9.98. The summed E-state index contributed by atoms with van der Waals surface area (Å²) in [5.41, 5.74) is 0. The first kappa shape index (κ1) is 63.2. The van der Waals surface area contributed by atoms with Crippen LogP contribution in [-0.4, -0.2) is 98.7 Å². The molecule has 394 valence electrons. The minimum Gasteiger partial charge on any atom is -0.394 e. The Morgan fingerprint density at radius 1 is 0.470 bits per heavy atom. The van der Waals surface area contributed by atoms with E-state index in [9.17, 15) is 35.4 Å². The molecule has 0 radical (unpaired) electrons. The molecule has 0 bridgehead atoms. The lowest BCUT2D eigenvalue weighted by molar-refractivity contribution is -0.303. The van der Waals surface area contributed by atoms with Crippen molar-refractivity contribution in [3.05, 3.63) is 0 Å². The smallest absolute Gasteiger partial charge is 0.220 e. The molecule has 1 rings (SSSR count). The lowest BCUT2D eigenvalue weighted by Crippen LogP contribution is -2.60. The van der Waals surface area contributed by atoms with Crippen molar-refractivity contribution in [2.75, 3.05) is 13.2 Å². The van der Waals surface area contributed by atoms with Gasteiger partial charge in [-0.3, -0.25) is 4.79 Å². The molecule has 0 aromatic carbocycles. The highest BCUT2D eigenvalue weighted by atomic mass is 16.7. The molecule has 8 atom stereocenters. The fraction of sp³-hybridized carbons (Fsp3) is 0.982. The van der Waals surface area contributed by atoms with Gasteiger partial charge in [-0.2, -0.15) is 0 Å². The topological polar surface area (TPSA) is 169 Å². The van der Waals surface area contributed by atoms with Crippen molar-refractivity contribution >= 4 is 5.91 Å². The monoisotopic (exact) mass is 942 g/mol. The number of unbranched alkanes of at least 4 members (excludes halogenated alkanes) is 39. The van der Waals surface area contributed by atoms with Crippen LogP contribution in [0.3, 0.4) is 0 Å². The van der Waals surface area contributed by atoms with Crippen LogP contribution < -0.4 is 5.32 Å². The van der Waals surface area contributed by atoms with Gasteiger partial charge < -0.3 is 45.4 Å². The molecule has 0 aliphatic carbocycles. The van der Waals surface area contributed by atoms with Gasteiger partial charge in [-0.15, -0.1) is 0 Å². The summed E-state index contributed by atoms with van der Waals surface area (Å²) in [6.45, 7) is 3.64. The van der Waals surface area contributed by atoms with Gasteiger partial charge in [0.2, 0.25) is 5.91 Å². The van der Waals surface area contributed by atoms with Crippen LogP contribution in [0.4, 0.5) is 0 Å². The zero-order chi connectivity index (χ0) is 48.1. The van der Waals surface area contributed by atoms with Gasteiger partial charge in [-0.1, -0.05) is 271 Å². The van der Waals surface area contributed by atoms with Crippen molar-refractivity contribution in [3.8, 4) is 0 Å². The van der Waals surface area contributed by atoms with Gasteiger partial charge in [0.1, 0.15) is 30.5 Å². The molecule has 0 saturated carbocycles. The minimum atomic E-state index is -1.60. The van der Waals surface area contributed by atoms with Crippen LogP contribution in [0.15, 0.2) is 0 Å². The van der Waals surface area contributed by atoms with Gasteiger partial charge in [-0.05, 0) is 12.8 Å². The minimum absolute atomic E-state index is 0.251. The number of carbonyl (C=O) groups excluding carboxylic acids is 1. The van der Waals surface area contributed by atoms with Crippen molar-refractivity contribution in [2.45, 2.75) is 339 Å².